The van der Waals surface area contributed by atoms with Crippen molar-refractivity contribution >= 4 is 42.0 Å². The Bertz CT molecular complexity index is 818. The third-order valence-corrected chi connectivity index (χ3v) is 5.48. The van der Waals surface area contributed by atoms with Crippen LogP contribution in [0.5, 0.6) is 0 Å². The molecule has 0 radical (unpaired) electrons. The van der Waals surface area contributed by atoms with Gasteiger partial charge in [0.05, 0.1) is 0 Å². The van der Waals surface area contributed by atoms with Gasteiger partial charge < -0.3 is 21.5 Å². The van der Waals surface area contributed by atoms with Crippen molar-refractivity contribution in [2.24, 2.45) is 5.73 Å². The summed E-state index contributed by atoms with van der Waals surface area (Å²) in [4.78, 5) is 24.4. The van der Waals surface area contributed by atoms with Gasteiger partial charge in [-0.1, -0.05) is 30.3 Å². The van der Waals surface area contributed by atoms with Crippen LogP contribution in [0.15, 0.2) is 48.5 Å². The number of amides is 1. The van der Waals surface area contributed by atoms with Gasteiger partial charge in [-0.25, -0.2) is 4.79 Å². The van der Waals surface area contributed by atoms with Crippen molar-refractivity contribution in [1.82, 2.24) is 5.32 Å². The summed E-state index contributed by atoms with van der Waals surface area (Å²) in [5.74, 6) is -0.230. The van der Waals surface area contributed by atoms with Gasteiger partial charge in [-0.15, -0.1) is 0 Å². The van der Waals surface area contributed by atoms with E-state index in [1.54, 1.807) is 23.9 Å². The van der Waals surface area contributed by atoms with Crippen molar-refractivity contribution in [2.45, 2.75) is 18.5 Å². The summed E-state index contributed by atoms with van der Waals surface area (Å²) in [6.07, 6.45) is 2.27. The van der Waals surface area contributed by atoms with Crippen LogP contribution in [0, 0.1) is 0 Å². The average Bonchev–Trinajstić information content (AvgIpc) is 2.74. The molecule has 29 heavy (non-hydrogen) atoms. The van der Waals surface area contributed by atoms with Crippen LogP contribution < -0.4 is 16.4 Å². The minimum absolute atomic E-state index is 0.0887. The Labute approximate surface area is 181 Å². The maximum absolute atomic E-state index is 12.9. The number of carboxylic acids is 1. The summed E-state index contributed by atoms with van der Waals surface area (Å²) in [5, 5.41) is 15.3. The second-order valence-electron chi connectivity index (χ2n) is 6.60. The number of carboxylic acid groups (broad SMARTS) is 1. The SMILES string of the molecule is CSCCC(NC(=O)c1ccc(NCC(N)CS)cc1-c1ccccc1)C(=O)O. The molecule has 2 aromatic carbocycles. The smallest absolute Gasteiger partial charge is 0.326 e. The average molecular weight is 434 g/mol. The van der Waals surface area contributed by atoms with Crippen LogP contribution >= 0.6 is 24.4 Å². The lowest BCUT2D eigenvalue weighted by atomic mass is 9.98. The maximum atomic E-state index is 12.9. The first-order valence-electron chi connectivity index (χ1n) is 9.28. The number of carbonyl (C=O) groups excluding carboxylic acids is 1. The summed E-state index contributed by atoms with van der Waals surface area (Å²) < 4.78 is 0. The van der Waals surface area contributed by atoms with Gasteiger partial charge in [0.15, 0.2) is 0 Å². The second kappa shape index (κ2) is 11.7. The van der Waals surface area contributed by atoms with Crippen molar-refractivity contribution in [3.8, 4) is 11.1 Å². The molecule has 0 saturated carbocycles. The minimum Gasteiger partial charge on any atom is -0.480 e. The van der Waals surface area contributed by atoms with Gasteiger partial charge >= 0.3 is 5.97 Å². The molecule has 0 heterocycles. The molecular weight excluding hydrogens is 406 g/mol. The lowest BCUT2D eigenvalue weighted by molar-refractivity contribution is -0.139. The highest BCUT2D eigenvalue weighted by atomic mass is 32.2. The van der Waals surface area contributed by atoms with E-state index in [1.807, 2.05) is 42.7 Å². The fourth-order valence-electron chi connectivity index (χ4n) is 2.75. The molecule has 0 aliphatic heterocycles. The Kier molecular flexibility index (Phi) is 9.37. The molecule has 156 valence electrons. The number of anilines is 1. The fraction of sp³-hybridized carbons (Fsp3) is 0.333. The molecule has 0 bridgehead atoms. The van der Waals surface area contributed by atoms with E-state index in [1.165, 1.54) is 0 Å². The second-order valence-corrected chi connectivity index (χ2v) is 7.95. The number of aliphatic carboxylic acids is 1. The first-order chi connectivity index (χ1) is 14.0. The standard InChI is InChI=1S/C21H27N3O3S2/c1-29-10-9-19(21(26)27)24-20(25)17-8-7-16(23-12-15(22)13-28)11-18(17)14-5-3-2-4-6-14/h2-8,11,15,19,23,28H,9-10,12-13,22H2,1H3,(H,24,25)(H,26,27). The van der Waals surface area contributed by atoms with Crippen LogP contribution in [0.3, 0.4) is 0 Å². The third kappa shape index (κ3) is 6.99. The van der Waals surface area contributed by atoms with E-state index in [0.29, 0.717) is 30.0 Å². The van der Waals surface area contributed by atoms with E-state index in [2.05, 4.69) is 23.3 Å². The summed E-state index contributed by atoms with van der Waals surface area (Å²) in [7, 11) is 0. The molecule has 2 unspecified atom stereocenters. The molecule has 0 spiro atoms. The molecular formula is C21H27N3O3S2. The number of thiol groups is 1. The van der Waals surface area contributed by atoms with E-state index < -0.39 is 17.9 Å². The van der Waals surface area contributed by atoms with E-state index in [9.17, 15) is 14.7 Å². The number of carbonyl (C=O) groups is 2. The van der Waals surface area contributed by atoms with E-state index in [4.69, 9.17) is 5.73 Å². The zero-order chi connectivity index (χ0) is 21.2. The van der Waals surface area contributed by atoms with Gasteiger partial charge in [0.25, 0.3) is 5.91 Å². The van der Waals surface area contributed by atoms with Gasteiger partial charge in [-0.3, -0.25) is 4.79 Å². The van der Waals surface area contributed by atoms with Crippen LogP contribution in [-0.4, -0.2) is 53.4 Å². The summed E-state index contributed by atoms with van der Waals surface area (Å²) in [5.41, 5.74) is 8.76. The highest BCUT2D eigenvalue weighted by molar-refractivity contribution is 7.98. The van der Waals surface area contributed by atoms with Crippen molar-refractivity contribution in [2.75, 3.05) is 29.6 Å². The minimum atomic E-state index is -1.03. The molecule has 1 amide bonds. The molecule has 2 aromatic rings. The molecule has 2 rings (SSSR count). The van der Waals surface area contributed by atoms with Crippen molar-refractivity contribution in [1.29, 1.82) is 0 Å². The van der Waals surface area contributed by atoms with Crippen LogP contribution in [0.2, 0.25) is 0 Å². The van der Waals surface area contributed by atoms with Crippen LogP contribution in [0.4, 0.5) is 5.69 Å². The quantitative estimate of drug-likeness (QED) is 0.349. The Hall–Kier alpha value is -2.16. The first-order valence-corrected chi connectivity index (χ1v) is 11.3. The number of hydrogen-bond acceptors (Lipinski definition) is 6. The molecule has 0 fully saturated rings. The van der Waals surface area contributed by atoms with E-state index in [-0.39, 0.29) is 6.04 Å². The number of nitrogens with two attached hydrogens (primary N) is 1. The van der Waals surface area contributed by atoms with Crippen molar-refractivity contribution in [3.05, 3.63) is 54.1 Å². The van der Waals surface area contributed by atoms with E-state index >= 15 is 0 Å². The summed E-state index contributed by atoms with van der Waals surface area (Å²) in [6, 6.07) is 13.9. The van der Waals surface area contributed by atoms with Crippen LogP contribution in [-0.2, 0) is 4.79 Å². The van der Waals surface area contributed by atoms with Crippen molar-refractivity contribution in [3.63, 3.8) is 0 Å². The molecule has 0 aliphatic rings. The molecule has 0 saturated heterocycles. The topological polar surface area (TPSA) is 104 Å². The maximum Gasteiger partial charge on any atom is 0.326 e. The summed E-state index contributed by atoms with van der Waals surface area (Å²) in [6.45, 7) is 0.555. The molecule has 6 nitrogen and oxygen atoms in total. The lowest BCUT2D eigenvalue weighted by Gasteiger charge is -2.18. The number of benzene rings is 2. The Morgan fingerprint density at radius 2 is 1.93 bits per heavy atom. The van der Waals surface area contributed by atoms with Gasteiger partial charge in [-0.2, -0.15) is 24.4 Å². The molecule has 0 aliphatic carbocycles. The van der Waals surface area contributed by atoms with Crippen LogP contribution in [0.1, 0.15) is 16.8 Å². The van der Waals surface area contributed by atoms with Crippen LogP contribution in [0.25, 0.3) is 11.1 Å². The third-order valence-electron chi connectivity index (χ3n) is 4.37. The molecule has 2 atom stereocenters. The normalized spacial score (nSPS) is 12.8. The van der Waals surface area contributed by atoms with Crippen molar-refractivity contribution < 1.29 is 14.7 Å². The fourth-order valence-corrected chi connectivity index (χ4v) is 3.35. The molecule has 0 aromatic heterocycles. The summed E-state index contributed by atoms with van der Waals surface area (Å²) >= 11 is 5.73. The Morgan fingerprint density at radius 1 is 1.21 bits per heavy atom. The van der Waals surface area contributed by atoms with E-state index in [0.717, 1.165) is 16.8 Å². The zero-order valence-corrected chi connectivity index (χ0v) is 18.0. The van der Waals surface area contributed by atoms with Gasteiger partial charge in [0.2, 0.25) is 0 Å². The first kappa shape index (κ1) is 23.1. The lowest BCUT2D eigenvalue weighted by Crippen LogP contribution is -2.41. The molecule has 8 heteroatoms. The largest absolute Gasteiger partial charge is 0.480 e. The van der Waals surface area contributed by atoms with Gasteiger partial charge in [-0.05, 0) is 47.8 Å². The highest BCUT2D eigenvalue weighted by Crippen LogP contribution is 2.27. The number of hydrogen-bond donors (Lipinski definition) is 5. The predicted molar refractivity (Wildman–Crippen MR) is 124 cm³/mol. The number of rotatable bonds is 11. The Balaban J connectivity index is 2.31. The monoisotopic (exact) mass is 433 g/mol. The predicted octanol–water partition coefficient (Wildman–Crippen LogP) is 2.96. The zero-order valence-electron chi connectivity index (χ0n) is 16.3. The Morgan fingerprint density at radius 3 is 2.55 bits per heavy atom. The number of nitrogens with one attached hydrogen (secondary N) is 2. The molecule has 5 N–H and O–H groups in total. The number of thioether (sulfide) groups is 1. The highest BCUT2D eigenvalue weighted by Gasteiger charge is 2.22. The van der Waals surface area contributed by atoms with Gasteiger partial charge in [0, 0.05) is 29.6 Å². The van der Waals surface area contributed by atoms with Gasteiger partial charge in [0.1, 0.15) is 6.04 Å².